The van der Waals surface area contributed by atoms with Gasteiger partial charge in [-0.15, -0.1) is 0 Å². The number of pyridine rings is 1. The summed E-state index contributed by atoms with van der Waals surface area (Å²) in [7, 11) is 0. The first-order chi connectivity index (χ1) is 8.00. The normalized spacial score (nSPS) is 12.8. The second-order valence-electron chi connectivity index (χ2n) is 4.13. The number of aryl methyl sites for hydroxylation is 1. The molecule has 5 heteroatoms. The molecule has 0 aliphatic heterocycles. The fourth-order valence-corrected chi connectivity index (χ4v) is 1.91. The van der Waals surface area contributed by atoms with Crippen LogP contribution in [0.25, 0.3) is 5.69 Å². The van der Waals surface area contributed by atoms with Gasteiger partial charge >= 0.3 is 0 Å². The van der Waals surface area contributed by atoms with Crippen molar-refractivity contribution < 1.29 is 0 Å². The molecule has 0 spiro atoms. The van der Waals surface area contributed by atoms with Gasteiger partial charge in [0.25, 0.3) is 0 Å². The van der Waals surface area contributed by atoms with Crippen LogP contribution in [0.2, 0.25) is 0 Å². The monoisotopic (exact) mass is 294 g/mol. The Morgan fingerprint density at radius 2 is 2.06 bits per heavy atom. The molecule has 2 N–H and O–H groups in total. The maximum Gasteiger partial charge on any atom is 0.0832 e. The van der Waals surface area contributed by atoms with Gasteiger partial charge in [0.05, 0.1) is 33.4 Å². The summed E-state index contributed by atoms with van der Waals surface area (Å²) in [6.45, 7) is 5.91. The summed E-state index contributed by atoms with van der Waals surface area (Å²) in [6.07, 6.45) is 1.80. The Balaban J connectivity index is 2.43. The van der Waals surface area contributed by atoms with Crippen molar-refractivity contribution in [2.24, 2.45) is 5.73 Å². The van der Waals surface area contributed by atoms with E-state index < -0.39 is 0 Å². The topological polar surface area (TPSA) is 56.7 Å². The van der Waals surface area contributed by atoms with Crippen molar-refractivity contribution in [2.45, 2.75) is 26.8 Å². The van der Waals surface area contributed by atoms with E-state index in [2.05, 4.69) is 26.0 Å². The summed E-state index contributed by atoms with van der Waals surface area (Å²) in [4.78, 5) is 4.33. The van der Waals surface area contributed by atoms with Gasteiger partial charge in [-0.05, 0) is 48.8 Å². The Bertz CT molecular complexity index is 528. The lowest BCUT2D eigenvalue weighted by molar-refractivity contribution is 0.770. The van der Waals surface area contributed by atoms with Crippen LogP contribution in [0.1, 0.15) is 30.0 Å². The molecule has 90 valence electrons. The minimum Gasteiger partial charge on any atom is -0.323 e. The van der Waals surface area contributed by atoms with Gasteiger partial charge in [0.2, 0.25) is 0 Å². The first kappa shape index (κ1) is 12.3. The highest BCUT2D eigenvalue weighted by molar-refractivity contribution is 9.10. The maximum atomic E-state index is 5.77. The van der Waals surface area contributed by atoms with Crippen LogP contribution in [0, 0.1) is 13.8 Å². The molecule has 17 heavy (non-hydrogen) atoms. The highest BCUT2D eigenvalue weighted by atomic mass is 79.9. The summed E-state index contributed by atoms with van der Waals surface area (Å²) >= 11 is 3.51. The summed E-state index contributed by atoms with van der Waals surface area (Å²) in [5.41, 5.74) is 9.64. The average molecular weight is 295 g/mol. The summed E-state index contributed by atoms with van der Waals surface area (Å²) in [5.74, 6) is 0. The lowest BCUT2D eigenvalue weighted by Gasteiger charge is -2.07. The molecule has 0 amide bonds. The number of aromatic nitrogens is 3. The second kappa shape index (κ2) is 4.58. The van der Waals surface area contributed by atoms with Crippen molar-refractivity contribution >= 4 is 15.9 Å². The third-order valence-corrected chi connectivity index (χ3v) is 3.83. The molecule has 0 aromatic carbocycles. The van der Waals surface area contributed by atoms with Gasteiger partial charge in [-0.1, -0.05) is 0 Å². The highest BCUT2D eigenvalue weighted by Crippen LogP contribution is 2.22. The van der Waals surface area contributed by atoms with Crippen LogP contribution in [0.15, 0.2) is 22.8 Å². The van der Waals surface area contributed by atoms with Gasteiger partial charge in [-0.25, -0.2) is 4.68 Å². The number of nitrogens with zero attached hydrogens (tertiary/aromatic N) is 3. The Hall–Kier alpha value is -1.20. The van der Waals surface area contributed by atoms with E-state index in [0.717, 1.165) is 27.2 Å². The SMILES string of the molecule is Cc1nn(-c2ccc([C@H](C)N)nc2)c(C)c1Br. The van der Waals surface area contributed by atoms with Crippen molar-refractivity contribution in [3.05, 3.63) is 39.9 Å². The van der Waals surface area contributed by atoms with Gasteiger partial charge in [0, 0.05) is 6.04 Å². The molecule has 0 radical (unpaired) electrons. The van der Waals surface area contributed by atoms with E-state index >= 15 is 0 Å². The average Bonchev–Trinajstić information content (AvgIpc) is 2.57. The molecule has 2 rings (SSSR count). The van der Waals surface area contributed by atoms with Crippen molar-refractivity contribution in [1.29, 1.82) is 0 Å². The maximum absolute atomic E-state index is 5.77. The molecule has 4 nitrogen and oxygen atoms in total. The van der Waals surface area contributed by atoms with Crippen LogP contribution in [0.5, 0.6) is 0 Å². The summed E-state index contributed by atoms with van der Waals surface area (Å²) in [5, 5.41) is 4.45. The zero-order valence-corrected chi connectivity index (χ0v) is 11.7. The van der Waals surface area contributed by atoms with Crippen LogP contribution in [-0.4, -0.2) is 14.8 Å². The third kappa shape index (κ3) is 2.25. The molecule has 2 aromatic heterocycles. The molecular formula is C12H15BrN4. The quantitative estimate of drug-likeness (QED) is 0.926. The smallest absolute Gasteiger partial charge is 0.0832 e. The molecule has 2 aromatic rings. The van der Waals surface area contributed by atoms with E-state index in [4.69, 9.17) is 5.73 Å². The Morgan fingerprint density at radius 1 is 1.35 bits per heavy atom. The van der Waals surface area contributed by atoms with E-state index in [0.29, 0.717) is 0 Å². The van der Waals surface area contributed by atoms with Crippen LogP contribution in [-0.2, 0) is 0 Å². The standard InChI is InChI=1S/C12H15BrN4/c1-7(14)11-5-4-10(6-15-11)17-9(3)12(13)8(2)16-17/h4-7H,14H2,1-3H3/t7-/m0/s1. The minimum absolute atomic E-state index is 0.0451. The Kier molecular flexibility index (Phi) is 3.31. The fraction of sp³-hybridized carbons (Fsp3) is 0.333. The predicted molar refractivity (Wildman–Crippen MR) is 71.1 cm³/mol. The zero-order valence-electron chi connectivity index (χ0n) is 10.1. The molecule has 2 heterocycles. The molecule has 0 aliphatic carbocycles. The predicted octanol–water partition coefficient (Wildman–Crippen LogP) is 2.67. The molecule has 0 fully saturated rings. The molecule has 1 atom stereocenters. The summed E-state index contributed by atoms with van der Waals surface area (Å²) in [6, 6.07) is 3.87. The number of halogens is 1. The lowest BCUT2D eigenvalue weighted by atomic mass is 10.2. The van der Waals surface area contributed by atoms with Crippen molar-refractivity contribution in [3.8, 4) is 5.69 Å². The lowest BCUT2D eigenvalue weighted by Crippen LogP contribution is -2.08. The summed E-state index contributed by atoms with van der Waals surface area (Å²) < 4.78 is 2.91. The van der Waals surface area contributed by atoms with E-state index in [9.17, 15) is 0 Å². The van der Waals surface area contributed by atoms with Crippen LogP contribution >= 0.6 is 15.9 Å². The molecule has 0 unspecified atom stereocenters. The van der Waals surface area contributed by atoms with Crippen LogP contribution in [0.4, 0.5) is 0 Å². The number of hydrogen-bond acceptors (Lipinski definition) is 3. The number of nitrogens with two attached hydrogens (primary N) is 1. The van der Waals surface area contributed by atoms with Gasteiger partial charge in [0.15, 0.2) is 0 Å². The Labute approximate surface area is 109 Å². The van der Waals surface area contributed by atoms with E-state index in [1.54, 1.807) is 6.20 Å². The van der Waals surface area contributed by atoms with E-state index in [-0.39, 0.29) is 6.04 Å². The van der Waals surface area contributed by atoms with Crippen molar-refractivity contribution in [1.82, 2.24) is 14.8 Å². The molecule has 0 aliphatic rings. The number of rotatable bonds is 2. The van der Waals surface area contributed by atoms with E-state index in [1.807, 2.05) is 37.6 Å². The van der Waals surface area contributed by atoms with Gasteiger partial charge in [0.1, 0.15) is 0 Å². The molecular weight excluding hydrogens is 280 g/mol. The highest BCUT2D eigenvalue weighted by Gasteiger charge is 2.10. The zero-order chi connectivity index (χ0) is 12.6. The largest absolute Gasteiger partial charge is 0.323 e. The van der Waals surface area contributed by atoms with E-state index in [1.165, 1.54) is 0 Å². The van der Waals surface area contributed by atoms with Gasteiger partial charge in [-0.3, -0.25) is 4.98 Å². The van der Waals surface area contributed by atoms with Crippen LogP contribution in [0.3, 0.4) is 0 Å². The molecule has 0 saturated carbocycles. The minimum atomic E-state index is -0.0451. The second-order valence-corrected chi connectivity index (χ2v) is 4.92. The number of hydrogen-bond donors (Lipinski definition) is 1. The van der Waals surface area contributed by atoms with Crippen LogP contribution < -0.4 is 5.73 Å². The molecule has 0 saturated heterocycles. The first-order valence-electron chi connectivity index (χ1n) is 5.44. The van der Waals surface area contributed by atoms with Crippen molar-refractivity contribution in [2.75, 3.05) is 0 Å². The first-order valence-corrected chi connectivity index (χ1v) is 6.23. The van der Waals surface area contributed by atoms with Crippen molar-refractivity contribution in [3.63, 3.8) is 0 Å². The molecule has 0 bridgehead atoms. The fourth-order valence-electron chi connectivity index (χ4n) is 1.67. The van der Waals surface area contributed by atoms with Gasteiger partial charge in [-0.2, -0.15) is 5.10 Å². The third-order valence-electron chi connectivity index (χ3n) is 2.68. The Morgan fingerprint density at radius 3 is 2.47 bits per heavy atom. The van der Waals surface area contributed by atoms with Gasteiger partial charge < -0.3 is 5.73 Å².